The quantitative estimate of drug-likeness (QED) is 0.286. The number of hydrogen-bond acceptors (Lipinski definition) is 12. The van der Waals surface area contributed by atoms with Crippen LogP contribution in [0.4, 0.5) is 28.3 Å². The first-order valence-corrected chi connectivity index (χ1v) is 13.4. The number of aromatic nitrogens is 5. The molecule has 0 aliphatic carbocycles. The molecule has 0 atom stereocenters. The normalized spacial score (nSPS) is 11.5. The fraction of sp³-hybridized carbons (Fsp3) is 0.150. The van der Waals surface area contributed by atoms with Gasteiger partial charge in [-0.25, -0.2) is 18.4 Å². The van der Waals surface area contributed by atoms with Crippen LogP contribution >= 0.6 is 34.7 Å². The number of pyridine rings is 1. The number of nitrogens with zero attached hydrogens (tertiary/aromatic N) is 5. The average Bonchev–Trinajstić information content (AvgIpc) is 3.22. The lowest BCUT2D eigenvalue weighted by Crippen LogP contribution is -2.15. The second-order valence-electron chi connectivity index (χ2n) is 7.12. The molecule has 34 heavy (non-hydrogen) atoms. The van der Waals surface area contributed by atoms with E-state index in [2.05, 4.69) is 35.8 Å². The van der Waals surface area contributed by atoms with Gasteiger partial charge in [-0.2, -0.15) is 4.98 Å². The number of para-hydroxylation sites is 1. The van der Waals surface area contributed by atoms with E-state index in [4.69, 9.17) is 17.3 Å². The van der Waals surface area contributed by atoms with Crippen LogP contribution in [-0.4, -0.2) is 38.8 Å². The number of halogens is 1. The highest BCUT2D eigenvalue weighted by molar-refractivity contribution is 8.01. The van der Waals surface area contributed by atoms with Gasteiger partial charge in [0.05, 0.1) is 33.9 Å². The van der Waals surface area contributed by atoms with Crippen LogP contribution < -0.4 is 16.4 Å². The number of benzene rings is 1. The molecule has 3 heterocycles. The highest BCUT2D eigenvalue weighted by Crippen LogP contribution is 2.32. The molecule has 0 spiro atoms. The van der Waals surface area contributed by atoms with E-state index < -0.39 is 15.1 Å². The first-order chi connectivity index (χ1) is 16.2. The molecule has 0 radical (unpaired) electrons. The van der Waals surface area contributed by atoms with E-state index in [1.165, 1.54) is 29.3 Å². The van der Waals surface area contributed by atoms with Crippen LogP contribution in [0.15, 0.2) is 63.1 Å². The minimum atomic E-state index is -3.51. The Labute approximate surface area is 209 Å². The minimum absolute atomic E-state index is 0.170. The molecule has 0 fully saturated rings. The maximum atomic E-state index is 12.7. The zero-order chi connectivity index (χ0) is 24.3. The number of sulfone groups is 1. The topological polar surface area (TPSA) is 149 Å². The fourth-order valence-electron chi connectivity index (χ4n) is 2.71. The maximum absolute atomic E-state index is 12.7. The largest absolute Gasteiger partial charge is 0.374 e. The van der Waals surface area contributed by atoms with Crippen molar-refractivity contribution < 1.29 is 8.42 Å². The van der Waals surface area contributed by atoms with E-state index in [1.807, 2.05) is 12.1 Å². The lowest BCUT2D eigenvalue weighted by Gasteiger charge is -2.15. The third-order valence-electron chi connectivity index (χ3n) is 4.42. The third-order valence-corrected chi connectivity index (χ3v) is 8.66. The number of nitrogens with one attached hydrogen (secondary N) is 2. The Balaban J connectivity index is 1.52. The molecule has 1 aromatic carbocycles. The monoisotopic (exact) mass is 534 g/mol. The van der Waals surface area contributed by atoms with Crippen molar-refractivity contribution in [3.8, 4) is 0 Å². The molecule has 0 aliphatic rings. The summed E-state index contributed by atoms with van der Waals surface area (Å²) in [6.07, 6.45) is 3.05. The zero-order valence-electron chi connectivity index (χ0n) is 17.9. The molecule has 0 saturated heterocycles. The van der Waals surface area contributed by atoms with Crippen molar-refractivity contribution in [2.45, 2.75) is 33.4 Å². The predicted octanol–water partition coefficient (Wildman–Crippen LogP) is 4.78. The SMILES string of the molecule is CC(C)S(=O)(=O)c1ccccc1Nc1nc(Nc2ccc(Sc3nnc(N)s3)nc2)ncc1Cl. The zero-order valence-corrected chi connectivity index (χ0v) is 21.1. The van der Waals surface area contributed by atoms with Crippen molar-refractivity contribution in [1.82, 2.24) is 25.1 Å². The van der Waals surface area contributed by atoms with Gasteiger partial charge in [0.25, 0.3) is 0 Å². The summed E-state index contributed by atoms with van der Waals surface area (Å²) in [5.74, 6) is 0.523. The van der Waals surface area contributed by atoms with Gasteiger partial charge in [-0.05, 0) is 49.9 Å². The molecule has 10 nitrogen and oxygen atoms in total. The van der Waals surface area contributed by atoms with Gasteiger partial charge in [0.15, 0.2) is 20.0 Å². The molecule has 4 N–H and O–H groups in total. The maximum Gasteiger partial charge on any atom is 0.229 e. The van der Waals surface area contributed by atoms with Crippen LogP contribution in [0.3, 0.4) is 0 Å². The van der Waals surface area contributed by atoms with Crippen LogP contribution in [0.5, 0.6) is 0 Å². The highest BCUT2D eigenvalue weighted by atomic mass is 35.5. The van der Waals surface area contributed by atoms with E-state index in [9.17, 15) is 8.42 Å². The summed E-state index contributed by atoms with van der Waals surface area (Å²) in [5.41, 5.74) is 6.63. The van der Waals surface area contributed by atoms with E-state index >= 15 is 0 Å². The Bertz CT molecular complexity index is 1410. The summed E-state index contributed by atoms with van der Waals surface area (Å²) in [6, 6.07) is 10.2. The molecule has 0 aliphatic heterocycles. The fourth-order valence-corrected chi connectivity index (χ4v) is 5.57. The van der Waals surface area contributed by atoms with Gasteiger partial charge in [-0.3, -0.25) is 0 Å². The summed E-state index contributed by atoms with van der Waals surface area (Å²) in [7, 11) is -3.51. The van der Waals surface area contributed by atoms with Gasteiger partial charge >= 0.3 is 0 Å². The Morgan fingerprint density at radius 2 is 1.85 bits per heavy atom. The summed E-state index contributed by atoms with van der Waals surface area (Å²) in [4.78, 5) is 13.1. The van der Waals surface area contributed by atoms with Crippen molar-refractivity contribution in [2.75, 3.05) is 16.4 Å². The molecular weight excluding hydrogens is 516 g/mol. The van der Waals surface area contributed by atoms with E-state index in [0.717, 1.165) is 5.03 Å². The van der Waals surface area contributed by atoms with E-state index in [-0.39, 0.29) is 21.7 Å². The molecule has 3 aromatic heterocycles. The number of nitrogens with two attached hydrogens (primary N) is 1. The first kappa shape index (κ1) is 24.1. The first-order valence-electron chi connectivity index (χ1n) is 9.85. The second kappa shape index (κ2) is 10.1. The van der Waals surface area contributed by atoms with Gasteiger partial charge in [-0.15, -0.1) is 10.2 Å². The van der Waals surface area contributed by atoms with E-state index in [0.29, 0.717) is 20.8 Å². The Morgan fingerprint density at radius 3 is 2.53 bits per heavy atom. The van der Waals surface area contributed by atoms with E-state index in [1.54, 1.807) is 44.3 Å². The molecule has 0 amide bonds. The average molecular weight is 535 g/mol. The van der Waals surface area contributed by atoms with Gasteiger partial charge in [0.2, 0.25) is 11.1 Å². The number of anilines is 5. The molecule has 176 valence electrons. The Hall–Kier alpha value is -3.00. The number of hydrogen-bond donors (Lipinski definition) is 3. The highest BCUT2D eigenvalue weighted by Gasteiger charge is 2.23. The predicted molar refractivity (Wildman–Crippen MR) is 135 cm³/mol. The number of rotatable bonds is 8. The molecule has 0 saturated carbocycles. The van der Waals surface area contributed by atoms with Gasteiger partial charge in [0, 0.05) is 0 Å². The van der Waals surface area contributed by atoms with Crippen molar-refractivity contribution in [1.29, 1.82) is 0 Å². The van der Waals surface area contributed by atoms with Crippen LogP contribution in [0, 0.1) is 0 Å². The van der Waals surface area contributed by atoms with Crippen LogP contribution in [0.1, 0.15) is 13.8 Å². The summed E-state index contributed by atoms with van der Waals surface area (Å²) >= 11 is 8.91. The molecular formula is C20H19ClN8O2S3. The summed E-state index contributed by atoms with van der Waals surface area (Å²) < 4.78 is 26.2. The van der Waals surface area contributed by atoms with Crippen LogP contribution in [0.2, 0.25) is 5.02 Å². The Kier molecular flexibility index (Phi) is 7.16. The lowest BCUT2D eigenvalue weighted by molar-refractivity contribution is 0.588. The summed E-state index contributed by atoms with van der Waals surface area (Å²) in [6.45, 7) is 3.26. The Morgan fingerprint density at radius 1 is 1.06 bits per heavy atom. The number of nitrogen functional groups attached to an aromatic ring is 1. The molecule has 14 heteroatoms. The van der Waals surface area contributed by atoms with Gasteiger partial charge < -0.3 is 16.4 Å². The van der Waals surface area contributed by atoms with Crippen molar-refractivity contribution in [3.05, 3.63) is 53.8 Å². The van der Waals surface area contributed by atoms with Crippen LogP contribution in [0.25, 0.3) is 0 Å². The molecule has 4 aromatic rings. The lowest BCUT2D eigenvalue weighted by atomic mass is 10.3. The smallest absolute Gasteiger partial charge is 0.229 e. The van der Waals surface area contributed by atoms with Crippen molar-refractivity contribution in [2.24, 2.45) is 0 Å². The summed E-state index contributed by atoms with van der Waals surface area (Å²) in [5, 5.41) is 14.6. The van der Waals surface area contributed by atoms with Crippen molar-refractivity contribution >= 4 is 72.8 Å². The molecule has 0 bridgehead atoms. The van der Waals surface area contributed by atoms with Crippen molar-refractivity contribution in [3.63, 3.8) is 0 Å². The second-order valence-corrected chi connectivity index (χ2v) is 12.3. The van der Waals surface area contributed by atoms with Crippen LogP contribution in [-0.2, 0) is 9.84 Å². The standard InChI is InChI=1S/C20H19ClN8O2S3/c1-11(2)34(30,31)15-6-4-3-5-14(15)26-17-13(21)10-24-19(27-17)25-12-7-8-16(23-9-12)32-20-29-28-18(22)33-20/h3-11H,1-2H3,(H2,22,28)(H2,24,25,26,27). The molecule has 4 rings (SSSR count). The van der Waals surface area contributed by atoms with Gasteiger partial charge in [-0.1, -0.05) is 35.1 Å². The third kappa shape index (κ3) is 5.55. The molecule has 0 unspecified atom stereocenters. The van der Waals surface area contributed by atoms with Gasteiger partial charge in [0.1, 0.15) is 10.0 Å². The minimum Gasteiger partial charge on any atom is -0.374 e.